The second-order valence-corrected chi connectivity index (χ2v) is 7.58. The predicted octanol–water partition coefficient (Wildman–Crippen LogP) is 1.92. The molecule has 0 spiro atoms. The molecule has 1 aliphatic heterocycles. The molecule has 8 nitrogen and oxygen atoms in total. The third-order valence-electron chi connectivity index (χ3n) is 4.69. The van der Waals surface area contributed by atoms with Crippen LogP contribution < -0.4 is 0 Å². The third kappa shape index (κ3) is 4.25. The Morgan fingerprint density at radius 2 is 2.15 bits per heavy atom. The summed E-state index contributed by atoms with van der Waals surface area (Å²) in [6, 6.07) is 3.97. The lowest BCUT2D eigenvalue weighted by molar-refractivity contribution is 0.0635. The molecule has 4 rings (SSSR count). The van der Waals surface area contributed by atoms with E-state index in [0.29, 0.717) is 17.3 Å². The second kappa shape index (κ2) is 8.01. The molecule has 3 aromatic heterocycles. The van der Waals surface area contributed by atoms with Gasteiger partial charge >= 0.3 is 0 Å². The molecule has 0 aromatic carbocycles. The fraction of sp³-hybridized carbons (Fsp3) is 0.444. The summed E-state index contributed by atoms with van der Waals surface area (Å²) in [6.07, 6.45) is 5.13. The normalized spacial score (nSPS) is 15.4. The Bertz CT molecular complexity index is 879. The number of hydrogen-bond acceptors (Lipinski definition) is 7. The van der Waals surface area contributed by atoms with Gasteiger partial charge in [-0.2, -0.15) is 10.1 Å². The van der Waals surface area contributed by atoms with Crippen LogP contribution in [0.1, 0.15) is 22.7 Å². The molecule has 0 bridgehead atoms. The van der Waals surface area contributed by atoms with E-state index < -0.39 is 0 Å². The lowest BCUT2D eigenvalue weighted by Crippen LogP contribution is -2.48. The van der Waals surface area contributed by atoms with E-state index in [1.165, 1.54) is 0 Å². The second-order valence-electron chi connectivity index (χ2n) is 6.63. The monoisotopic (exact) mass is 386 g/mol. The predicted molar refractivity (Wildman–Crippen MR) is 101 cm³/mol. The first kappa shape index (κ1) is 17.9. The smallest absolute Gasteiger partial charge is 0.257 e. The summed E-state index contributed by atoms with van der Waals surface area (Å²) in [5.74, 6) is 1.42. The van der Waals surface area contributed by atoms with E-state index in [4.69, 9.17) is 4.52 Å². The molecular formula is C18H22N6O2S. The number of aryl methyl sites for hydroxylation is 2. The van der Waals surface area contributed by atoms with E-state index in [1.807, 2.05) is 29.5 Å². The zero-order chi connectivity index (χ0) is 18.6. The van der Waals surface area contributed by atoms with Crippen molar-refractivity contribution in [1.82, 2.24) is 29.7 Å². The average Bonchev–Trinajstić information content (AvgIpc) is 3.43. The van der Waals surface area contributed by atoms with Gasteiger partial charge in [-0.25, -0.2) is 0 Å². The van der Waals surface area contributed by atoms with Crippen molar-refractivity contribution in [1.29, 1.82) is 0 Å². The summed E-state index contributed by atoms with van der Waals surface area (Å²) in [5, 5.41) is 10.1. The third-order valence-corrected chi connectivity index (χ3v) is 5.55. The topological polar surface area (TPSA) is 80.3 Å². The van der Waals surface area contributed by atoms with Gasteiger partial charge in [0.1, 0.15) is 0 Å². The highest BCUT2D eigenvalue weighted by Crippen LogP contribution is 2.21. The van der Waals surface area contributed by atoms with Gasteiger partial charge in [0.15, 0.2) is 0 Å². The van der Waals surface area contributed by atoms with Gasteiger partial charge in [-0.3, -0.25) is 14.4 Å². The first-order valence-electron chi connectivity index (χ1n) is 9.06. The number of amides is 1. The molecule has 3 aromatic rings. The van der Waals surface area contributed by atoms with Gasteiger partial charge in [0.05, 0.1) is 16.6 Å². The van der Waals surface area contributed by atoms with Crippen LogP contribution >= 0.6 is 11.3 Å². The van der Waals surface area contributed by atoms with E-state index >= 15 is 0 Å². The molecule has 1 amide bonds. The molecule has 0 radical (unpaired) electrons. The minimum absolute atomic E-state index is 0.0646. The lowest BCUT2D eigenvalue weighted by atomic mass is 10.2. The van der Waals surface area contributed by atoms with Crippen molar-refractivity contribution < 1.29 is 9.32 Å². The number of carbonyl (C=O) groups excluding carboxylic acids is 1. The van der Waals surface area contributed by atoms with E-state index in [2.05, 4.69) is 20.1 Å². The molecule has 1 fully saturated rings. The molecule has 4 heterocycles. The number of hydrogen-bond donors (Lipinski definition) is 0. The van der Waals surface area contributed by atoms with Crippen LogP contribution in [-0.4, -0.2) is 68.4 Å². The van der Waals surface area contributed by atoms with Gasteiger partial charge in [0.2, 0.25) is 11.7 Å². The Labute approximate surface area is 161 Å². The van der Waals surface area contributed by atoms with Crippen LogP contribution in [0, 0.1) is 0 Å². The van der Waals surface area contributed by atoms with Crippen LogP contribution in [-0.2, 0) is 13.5 Å². The van der Waals surface area contributed by atoms with E-state index in [9.17, 15) is 4.79 Å². The largest absolute Gasteiger partial charge is 0.339 e. The highest BCUT2D eigenvalue weighted by atomic mass is 32.1. The van der Waals surface area contributed by atoms with Gasteiger partial charge < -0.3 is 9.42 Å². The summed E-state index contributed by atoms with van der Waals surface area (Å²) in [4.78, 5) is 22.2. The van der Waals surface area contributed by atoms with E-state index in [-0.39, 0.29) is 5.91 Å². The number of thiophene rings is 1. The molecule has 9 heteroatoms. The summed E-state index contributed by atoms with van der Waals surface area (Å²) in [5.41, 5.74) is 0.656. The van der Waals surface area contributed by atoms with Crippen LogP contribution in [0.5, 0.6) is 0 Å². The van der Waals surface area contributed by atoms with Crippen LogP contribution in [0.3, 0.4) is 0 Å². The lowest BCUT2D eigenvalue weighted by Gasteiger charge is -2.34. The van der Waals surface area contributed by atoms with Gasteiger partial charge in [-0.05, 0) is 24.4 Å². The number of piperazine rings is 1. The quantitative estimate of drug-likeness (QED) is 0.644. The Morgan fingerprint density at radius 3 is 2.85 bits per heavy atom. The molecule has 27 heavy (non-hydrogen) atoms. The summed E-state index contributed by atoms with van der Waals surface area (Å²) < 4.78 is 7.00. The molecular weight excluding hydrogens is 364 g/mol. The molecule has 142 valence electrons. The maximum atomic E-state index is 12.4. The van der Waals surface area contributed by atoms with Gasteiger partial charge in [0.25, 0.3) is 5.91 Å². The average molecular weight is 386 g/mol. The highest BCUT2D eigenvalue weighted by molar-refractivity contribution is 7.13. The SMILES string of the molecule is Cn1cc(C(=O)N2CCN(CCCc3nc(-c4cccs4)no3)CC2)cn1. The first-order chi connectivity index (χ1) is 13.2. The minimum Gasteiger partial charge on any atom is -0.339 e. The number of rotatable bonds is 6. The number of carbonyl (C=O) groups is 1. The molecule has 0 atom stereocenters. The first-order valence-corrected chi connectivity index (χ1v) is 9.94. The summed E-state index contributed by atoms with van der Waals surface area (Å²) >= 11 is 1.61. The molecule has 1 saturated heterocycles. The van der Waals surface area contributed by atoms with Crippen molar-refractivity contribution in [2.24, 2.45) is 7.05 Å². The van der Waals surface area contributed by atoms with Crippen LogP contribution in [0.4, 0.5) is 0 Å². The summed E-state index contributed by atoms with van der Waals surface area (Å²) in [6.45, 7) is 4.23. The van der Waals surface area contributed by atoms with Gasteiger partial charge in [0, 0.05) is 45.8 Å². The van der Waals surface area contributed by atoms with Crippen LogP contribution in [0.2, 0.25) is 0 Å². The summed E-state index contributed by atoms with van der Waals surface area (Å²) in [7, 11) is 1.82. The fourth-order valence-corrected chi connectivity index (χ4v) is 3.85. The van der Waals surface area contributed by atoms with E-state index in [0.717, 1.165) is 50.4 Å². The van der Waals surface area contributed by atoms with Crippen molar-refractivity contribution in [2.45, 2.75) is 12.8 Å². The van der Waals surface area contributed by atoms with Crippen LogP contribution in [0.25, 0.3) is 10.7 Å². The molecule has 0 unspecified atom stereocenters. The van der Waals surface area contributed by atoms with Crippen molar-refractivity contribution in [3.63, 3.8) is 0 Å². The van der Waals surface area contributed by atoms with Crippen LogP contribution in [0.15, 0.2) is 34.4 Å². The standard InChI is InChI=1S/C18H22N6O2S/c1-22-13-14(12-19-22)18(25)24-9-7-23(8-10-24)6-2-5-16-20-17(21-26-16)15-4-3-11-27-15/h3-4,11-13H,2,5-10H2,1H3. The molecule has 0 N–H and O–H groups in total. The minimum atomic E-state index is 0.0646. The highest BCUT2D eigenvalue weighted by Gasteiger charge is 2.22. The number of nitrogens with zero attached hydrogens (tertiary/aromatic N) is 6. The van der Waals surface area contributed by atoms with Crippen molar-refractivity contribution >= 4 is 17.2 Å². The Morgan fingerprint density at radius 1 is 1.30 bits per heavy atom. The zero-order valence-corrected chi connectivity index (χ0v) is 16.1. The Kier molecular flexibility index (Phi) is 5.30. The van der Waals surface area contributed by atoms with Crippen molar-refractivity contribution in [3.05, 3.63) is 41.4 Å². The van der Waals surface area contributed by atoms with E-state index in [1.54, 1.807) is 28.4 Å². The molecule has 0 aliphatic carbocycles. The molecule has 1 aliphatic rings. The molecule has 0 saturated carbocycles. The number of aromatic nitrogens is 4. The Hall–Kier alpha value is -2.52. The maximum Gasteiger partial charge on any atom is 0.257 e. The maximum absolute atomic E-state index is 12.4. The van der Waals surface area contributed by atoms with Crippen molar-refractivity contribution in [2.75, 3.05) is 32.7 Å². The van der Waals surface area contributed by atoms with Gasteiger partial charge in [-0.15, -0.1) is 11.3 Å². The van der Waals surface area contributed by atoms with Crippen molar-refractivity contribution in [3.8, 4) is 10.7 Å². The van der Waals surface area contributed by atoms with Gasteiger partial charge in [-0.1, -0.05) is 11.2 Å². The zero-order valence-electron chi connectivity index (χ0n) is 15.2. The Balaban J connectivity index is 1.20. The fourth-order valence-electron chi connectivity index (χ4n) is 3.20.